The quantitative estimate of drug-likeness (QED) is 0.636. The molecule has 1 saturated heterocycles. The lowest BCUT2D eigenvalue weighted by Crippen LogP contribution is -2.49. The molecule has 0 unspecified atom stereocenters. The summed E-state index contributed by atoms with van der Waals surface area (Å²) in [7, 11) is 0. The first-order chi connectivity index (χ1) is 13.3. The fourth-order valence-electron chi connectivity index (χ4n) is 3.18. The number of nitrogens with zero attached hydrogens (tertiary/aromatic N) is 3. The molecule has 7 heteroatoms. The predicted octanol–water partition coefficient (Wildman–Crippen LogP) is 2.22. The number of aromatic nitrogens is 1. The zero-order valence-corrected chi connectivity index (χ0v) is 17.7. The molecule has 0 aromatic carbocycles. The molecule has 1 aliphatic rings. The van der Waals surface area contributed by atoms with Crippen molar-refractivity contribution in [1.29, 1.82) is 0 Å². The number of hydrogen-bond donors (Lipinski definition) is 2. The molecule has 2 rings (SSSR count). The van der Waals surface area contributed by atoms with E-state index in [4.69, 9.17) is 4.74 Å². The highest BCUT2D eigenvalue weighted by Gasteiger charge is 2.20. The topological polar surface area (TPSA) is 77.9 Å². The average molecular weight is 393 g/mol. The summed E-state index contributed by atoms with van der Waals surface area (Å²) in [4.78, 5) is 20.8. The Bertz CT molecular complexity index is 584. The number of rotatable bonds is 10. The van der Waals surface area contributed by atoms with Gasteiger partial charge in [0.15, 0.2) is 0 Å². The van der Waals surface area contributed by atoms with Gasteiger partial charge in [-0.3, -0.25) is 9.69 Å². The van der Waals surface area contributed by atoms with E-state index in [0.29, 0.717) is 38.0 Å². The summed E-state index contributed by atoms with van der Waals surface area (Å²) in [6.07, 6.45) is 1.78. The van der Waals surface area contributed by atoms with Crippen LogP contribution in [0.5, 0.6) is 0 Å². The maximum atomic E-state index is 11.8. The molecular weight excluding hydrogens is 356 g/mol. The SMILES string of the molecule is CC(C)COC[C@@H](O)CN1CCN(c2ccc(NC(=O)CC(C)C)cn2)CC1. The Morgan fingerprint density at radius 1 is 1.14 bits per heavy atom. The van der Waals surface area contributed by atoms with E-state index < -0.39 is 6.10 Å². The lowest BCUT2D eigenvalue weighted by molar-refractivity contribution is -0.116. The number of nitrogens with one attached hydrogen (secondary N) is 1. The van der Waals surface area contributed by atoms with Crippen LogP contribution in [0, 0.1) is 11.8 Å². The third kappa shape index (κ3) is 8.12. The van der Waals surface area contributed by atoms with E-state index in [1.54, 1.807) is 6.20 Å². The van der Waals surface area contributed by atoms with Gasteiger partial charge in [-0.15, -0.1) is 0 Å². The molecule has 0 saturated carbocycles. The Morgan fingerprint density at radius 3 is 2.43 bits per heavy atom. The fraction of sp³-hybridized carbons (Fsp3) is 0.714. The van der Waals surface area contributed by atoms with Crippen molar-refractivity contribution in [2.24, 2.45) is 11.8 Å². The molecule has 1 aromatic heterocycles. The molecule has 158 valence electrons. The van der Waals surface area contributed by atoms with Gasteiger partial charge in [-0.2, -0.15) is 0 Å². The van der Waals surface area contributed by atoms with E-state index >= 15 is 0 Å². The molecule has 0 bridgehead atoms. The summed E-state index contributed by atoms with van der Waals surface area (Å²) in [6.45, 7) is 13.5. The highest BCUT2D eigenvalue weighted by molar-refractivity contribution is 5.90. The van der Waals surface area contributed by atoms with Crippen LogP contribution in [0.15, 0.2) is 18.3 Å². The first kappa shape index (κ1) is 22.6. The summed E-state index contributed by atoms with van der Waals surface area (Å²) in [5.41, 5.74) is 0.734. The number of anilines is 2. The van der Waals surface area contributed by atoms with Crippen LogP contribution < -0.4 is 10.2 Å². The Labute approximate surface area is 169 Å². The zero-order valence-electron chi connectivity index (χ0n) is 17.7. The first-order valence-electron chi connectivity index (χ1n) is 10.3. The Morgan fingerprint density at radius 2 is 1.86 bits per heavy atom. The minimum atomic E-state index is -0.447. The number of amides is 1. The van der Waals surface area contributed by atoms with E-state index in [9.17, 15) is 9.90 Å². The van der Waals surface area contributed by atoms with Crippen LogP contribution in [-0.4, -0.2) is 72.9 Å². The number of aliphatic hydroxyl groups is 1. The van der Waals surface area contributed by atoms with Gasteiger partial charge in [0, 0.05) is 45.8 Å². The van der Waals surface area contributed by atoms with Crippen LogP contribution in [0.25, 0.3) is 0 Å². The molecule has 2 N–H and O–H groups in total. The number of ether oxygens (including phenoxy) is 1. The second-order valence-electron chi connectivity index (χ2n) is 8.42. The maximum absolute atomic E-state index is 11.8. The van der Waals surface area contributed by atoms with Crippen molar-refractivity contribution >= 4 is 17.4 Å². The van der Waals surface area contributed by atoms with Crippen LogP contribution in [-0.2, 0) is 9.53 Å². The van der Waals surface area contributed by atoms with Crippen LogP contribution in [0.2, 0.25) is 0 Å². The van der Waals surface area contributed by atoms with E-state index in [2.05, 4.69) is 33.9 Å². The van der Waals surface area contributed by atoms with Gasteiger partial charge in [-0.1, -0.05) is 27.7 Å². The van der Waals surface area contributed by atoms with E-state index in [1.165, 1.54) is 0 Å². The number of β-amino-alcohol motifs (C(OH)–C–C–N with tert-alkyl or cyclic N) is 1. The molecule has 0 radical (unpaired) electrons. The normalized spacial score (nSPS) is 16.6. The van der Waals surface area contributed by atoms with Gasteiger partial charge in [0.05, 0.1) is 24.6 Å². The van der Waals surface area contributed by atoms with Crippen molar-refractivity contribution in [2.45, 2.75) is 40.2 Å². The molecule has 28 heavy (non-hydrogen) atoms. The third-order valence-corrected chi connectivity index (χ3v) is 4.55. The summed E-state index contributed by atoms with van der Waals surface area (Å²) < 4.78 is 5.52. The predicted molar refractivity (Wildman–Crippen MR) is 113 cm³/mol. The fourth-order valence-corrected chi connectivity index (χ4v) is 3.18. The molecule has 1 fully saturated rings. The van der Waals surface area contributed by atoms with Crippen LogP contribution in [0.3, 0.4) is 0 Å². The molecular formula is C21H36N4O3. The second-order valence-corrected chi connectivity index (χ2v) is 8.42. The van der Waals surface area contributed by atoms with Gasteiger partial charge >= 0.3 is 0 Å². The number of carbonyl (C=O) groups excluding carboxylic acids is 1. The standard InChI is InChI=1S/C21H36N4O3/c1-16(2)11-21(27)23-18-5-6-20(22-12-18)25-9-7-24(8-10-25)13-19(26)15-28-14-17(3)4/h5-6,12,16-17,19,26H,7-11,13-15H2,1-4H3,(H,23,27)/t19-/m0/s1. The number of aliphatic hydroxyl groups excluding tert-OH is 1. The second kappa shape index (κ2) is 11.3. The van der Waals surface area contributed by atoms with E-state index in [0.717, 1.165) is 37.7 Å². The van der Waals surface area contributed by atoms with Gasteiger partial charge in [0.1, 0.15) is 5.82 Å². The number of pyridine rings is 1. The monoisotopic (exact) mass is 392 g/mol. The Kier molecular flexibility index (Phi) is 9.15. The molecule has 1 aromatic rings. The van der Waals surface area contributed by atoms with Crippen LogP contribution in [0.4, 0.5) is 11.5 Å². The van der Waals surface area contributed by atoms with E-state index in [-0.39, 0.29) is 5.91 Å². The maximum Gasteiger partial charge on any atom is 0.224 e. The van der Waals surface area contributed by atoms with Crippen LogP contribution in [0.1, 0.15) is 34.1 Å². The molecule has 0 spiro atoms. The van der Waals surface area contributed by atoms with Gasteiger partial charge < -0.3 is 20.1 Å². The minimum Gasteiger partial charge on any atom is -0.389 e. The summed E-state index contributed by atoms with van der Waals surface area (Å²) in [5, 5.41) is 13.0. The van der Waals surface area contributed by atoms with Crippen molar-refractivity contribution in [1.82, 2.24) is 9.88 Å². The van der Waals surface area contributed by atoms with E-state index in [1.807, 2.05) is 26.0 Å². The third-order valence-electron chi connectivity index (χ3n) is 4.55. The number of piperazine rings is 1. The molecule has 1 amide bonds. The highest BCUT2D eigenvalue weighted by atomic mass is 16.5. The van der Waals surface area contributed by atoms with Crippen molar-refractivity contribution in [3.8, 4) is 0 Å². The highest BCUT2D eigenvalue weighted by Crippen LogP contribution is 2.17. The summed E-state index contributed by atoms with van der Waals surface area (Å²) in [6, 6.07) is 3.86. The molecule has 2 heterocycles. The Balaban J connectivity index is 1.73. The average Bonchev–Trinajstić information content (AvgIpc) is 2.62. The van der Waals surface area contributed by atoms with Crippen molar-refractivity contribution < 1.29 is 14.6 Å². The molecule has 1 atom stereocenters. The lowest BCUT2D eigenvalue weighted by Gasteiger charge is -2.36. The van der Waals surface area contributed by atoms with Gasteiger partial charge in [-0.25, -0.2) is 4.98 Å². The summed E-state index contributed by atoms with van der Waals surface area (Å²) in [5.74, 6) is 1.76. The largest absolute Gasteiger partial charge is 0.389 e. The zero-order chi connectivity index (χ0) is 20.5. The van der Waals surface area contributed by atoms with Crippen molar-refractivity contribution in [3.05, 3.63) is 18.3 Å². The molecule has 1 aliphatic heterocycles. The minimum absolute atomic E-state index is 0.0223. The molecule has 7 nitrogen and oxygen atoms in total. The van der Waals surface area contributed by atoms with Gasteiger partial charge in [0.2, 0.25) is 5.91 Å². The molecule has 0 aliphatic carbocycles. The number of hydrogen-bond acceptors (Lipinski definition) is 6. The van der Waals surface area contributed by atoms with Crippen molar-refractivity contribution in [2.75, 3.05) is 56.2 Å². The Hall–Kier alpha value is -1.70. The van der Waals surface area contributed by atoms with Gasteiger partial charge in [0.25, 0.3) is 0 Å². The van der Waals surface area contributed by atoms with Gasteiger partial charge in [-0.05, 0) is 24.0 Å². The lowest BCUT2D eigenvalue weighted by atomic mass is 10.1. The van der Waals surface area contributed by atoms with Crippen molar-refractivity contribution in [3.63, 3.8) is 0 Å². The van der Waals surface area contributed by atoms with Crippen LogP contribution >= 0.6 is 0 Å². The smallest absolute Gasteiger partial charge is 0.224 e. The summed E-state index contributed by atoms with van der Waals surface area (Å²) >= 11 is 0. The number of carbonyl (C=O) groups is 1. The first-order valence-corrected chi connectivity index (χ1v) is 10.3.